The monoisotopic (exact) mass is 426 g/mol. The van der Waals surface area contributed by atoms with Gasteiger partial charge < -0.3 is 20.2 Å². The first-order valence-corrected chi connectivity index (χ1v) is 11.0. The number of carbonyl (C=O) groups excluding carboxylic acids is 2. The lowest BCUT2D eigenvalue weighted by Gasteiger charge is -2.23. The van der Waals surface area contributed by atoms with E-state index in [0.717, 1.165) is 29.7 Å². The van der Waals surface area contributed by atoms with Gasteiger partial charge in [0, 0.05) is 4.88 Å². The van der Waals surface area contributed by atoms with Gasteiger partial charge in [-0.15, -0.1) is 11.3 Å². The fourth-order valence-electron chi connectivity index (χ4n) is 5.11. The molecule has 3 N–H and O–H groups in total. The summed E-state index contributed by atoms with van der Waals surface area (Å²) in [6, 6.07) is 3.55. The van der Waals surface area contributed by atoms with Crippen molar-refractivity contribution < 1.29 is 23.9 Å². The van der Waals surface area contributed by atoms with Crippen molar-refractivity contribution in [1.29, 1.82) is 0 Å². The summed E-state index contributed by atoms with van der Waals surface area (Å²) in [4.78, 5) is 39.0. The lowest BCUT2D eigenvalue weighted by Crippen LogP contribution is -2.36. The zero-order valence-electron chi connectivity index (χ0n) is 16.2. The Balaban J connectivity index is 1.38. The van der Waals surface area contributed by atoms with Gasteiger partial charge in [-0.05, 0) is 55.2 Å². The topological polar surface area (TPSA) is 109 Å². The first kappa shape index (κ1) is 19.1. The minimum absolute atomic E-state index is 0.0564. The van der Waals surface area contributed by atoms with Gasteiger partial charge in [0.05, 0.1) is 30.2 Å². The summed E-state index contributed by atoms with van der Waals surface area (Å²) in [7, 11) is 0. The van der Waals surface area contributed by atoms with Crippen LogP contribution in [0.4, 0.5) is 5.00 Å². The van der Waals surface area contributed by atoms with E-state index in [4.69, 9.17) is 4.42 Å². The van der Waals surface area contributed by atoms with Crippen LogP contribution >= 0.6 is 11.3 Å². The van der Waals surface area contributed by atoms with Gasteiger partial charge in [-0.2, -0.15) is 0 Å². The Morgan fingerprint density at radius 3 is 2.70 bits per heavy atom. The van der Waals surface area contributed by atoms with Gasteiger partial charge in [-0.25, -0.2) is 0 Å². The SMILES string of the molecule is O=C(NCc1ccco1)c1c(NC(=O)[C@@H]2[C@@H](C(=O)O)[C@H]3C=C[C@@H]2C3)sc2c1CCC2. The van der Waals surface area contributed by atoms with Crippen molar-refractivity contribution in [2.45, 2.75) is 32.2 Å². The van der Waals surface area contributed by atoms with Crippen molar-refractivity contribution in [2.75, 3.05) is 5.32 Å². The van der Waals surface area contributed by atoms with Gasteiger partial charge in [0.2, 0.25) is 5.91 Å². The molecule has 5 rings (SSSR count). The van der Waals surface area contributed by atoms with Gasteiger partial charge in [0.15, 0.2) is 0 Å². The third-order valence-corrected chi connectivity index (χ3v) is 7.64. The third-order valence-electron chi connectivity index (χ3n) is 6.44. The number of anilines is 1. The number of carbonyl (C=O) groups is 3. The zero-order valence-corrected chi connectivity index (χ0v) is 17.0. The van der Waals surface area contributed by atoms with Crippen molar-refractivity contribution in [3.05, 3.63) is 52.3 Å². The smallest absolute Gasteiger partial charge is 0.307 e. The van der Waals surface area contributed by atoms with E-state index in [9.17, 15) is 19.5 Å². The third kappa shape index (κ3) is 3.15. The van der Waals surface area contributed by atoms with Crippen LogP contribution < -0.4 is 10.6 Å². The largest absolute Gasteiger partial charge is 0.481 e. The lowest BCUT2D eigenvalue weighted by atomic mass is 9.82. The highest BCUT2D eigenvalue weighted by atomic mass is 32.1. The molecule has 0 radical (unpaired) electrons. The number of fused-ring (bicyclic) bond motifs is 3. The standard InChI is InChI=1S/C22H22N2O5S/c25-19(23-10-13-3-2-8-29-13)18-14-4-1-5-15(14)30-21(18)24-20(26)16-11-6-7-12(9-11)17(16)22(27)28/h2-3,6-8,11-12,16-17H,1,4-5,9-10H2,(H,23,25)(H,24,26)(H,27,28)/t11-,12+,16+,17+/m1/s1. The second kappa shape index (κ2) is 7.43. The van der Waals surface area contributed by atoms with Crippen LogP contribution in [0.5, 0.6) is 0 Å². The van der Waals surface area contributed by atoms with E-state index >= 15 is 0 Å². The van der Waals surface area contributed by atoms with Gasteiger partial charge in [-0.1, -0.05) is 12.2 Å². The molecule has 0 aliphatic heterocycles. The quantitative estimate of drug-likeness (QED) is 0.615. The molecule has 2 aromatic heterocycles. The van der Waals surface area contributed by atoms with E-state index in [2.05, 4.69) is 10.6 Å². The molecule has 30 heavy (non-hydrogen) atoms. The summed E-state index contributed by atoms with van der Waals surface area (Å²) in [6.07, 6.45) is 8.82. The van der Waals surface area contributed by atoms with Crippen LogP contribution in [-0.4, -0.2) is 22.9 Å². The number of amides is 2. The molecule has 2 bridgehead atoms. The lowest BCUT2D eigenvalue weighted by molar-refractivity contribution is -0.146. The Morgan fingerprint density at radius 1 is 1.17 bits per heavy atom. The second-order valence-corrected chi connectivity index (χ2v) is 9.26. The highest BCUT2D eigenvalue weighted by Crippen LogP contribution is 2.49. The summed E-state index contributed by atoms with van der Waals surface area (Å²) in [5, 5.41) is 16.0. The fourth-order valence-corrected chi connectivity index (χ4v) is 6.40. The number of rotatable bonds is 6. The summed E-state index contributed by atoms with van der Waals surface area (Å²) in [5.74, 6) is -2.29. The predicted octanol–water partition coefficient (Wildman–Crippen LogP) is 3.22. The molecule has 3 aliphatic carbocycles. The van der Waals surface area contributed by atoms with Crippen LogP contribution in [0.3, 0.4) is 0 Å². The average Bonchev–Trinajstić information content (AvgIpc) is 3.51. The van der Waals surface area contributed by atoms with Crippen molar-refractivity contribution in [3.63, 3.8) is 0 Å². The molecule has 7 nitrogen and oxygen atoms in total. The molecule has 0 unspecified atom stereocenters. The highest BCUT2D eigenvalue weighted by molar-refractivity contribution is 7.17. The van der Waals surface area contributed by atoms with Crippen molar-refractivity contribution >= 4 is 34.1 Å². The van der Waals surface area contributed by atoms with Gasteiger partial charge in [0.25, 0.3) is 5.91 Å². The predicted molar refractivity (Wildman–Crippen MR) is 110 cm³/mol. The van der Waals surface area contributed by atoms with E-state index in [-0.39, 0.29) is 30.2 Å². The van der Waals surface area contributed by atoms with Crippen molar-refractivity contribution in [2.24, 2.45) is 23.7 Å². The van der Waals surface area contributed by atoms with E-state index in [1.807, 2.05) is 12.2 Å². The molecule has 8 heteroatoms. The van der Waals surface area contributed by atoms with Gasteiger partial charge in [-0.3, -0.25) is 14.4 Å². The molecule has 2 aromatic rings. The number of furan rings is 1. The number of hydrogen-bond donors (Lipinski definition) is 3. The number of aryl methyl sites for hydroxylation is 1. The Morgan fingerprint density at radius 2 is 1.97 bits per heavy atom. The van der Waals surface area contributed by atoms with Crippen LogP contribution in [0.2, 0.25) is 0 Å². The Bertz CT molecular complexity index is 1040. The number of allylic oxidation sites excluding steroid dienone is 2. The molecule has 0 spiro atoms. The molecule has 2 heterocycles. The van der Waals surface area contributed by atoms with Crippen molar-refractivity contribution in [1.82, 2.24) is 5.32 Å². The molecule has 1 fully saturated rings. The average molecular weight is 426 g/mol. The number of carboxylic acids is 1. The first-order chi connectivity index (χ1) is 14.5. The zero-order chi connectivity index (χ0) is 20.8. The maximum absolute atomic E-state index is 13.1. The van der Waals surface area contributed by atoms with Crippen LogP contribution in [-0.2, 0) is 29.0 Å². The summed E-state index contributed by atoms with van der Waals surface area (Å²) in [6.45, 7) is 0.266. The normalized spacial score (nSPS) is 26.0. The van der Waals surface area contributed by atoms with E-state index < -0.39 is 17.8 Å². The molecule has 2 amide bonds. The highest BCUT2D eigenvalue weighted by Gasteiger charge is 2.51. The van der Waals surface area contributed by atoms with Gasteiger partial charge >= 0.3 is 5.97 Å². The number of nitrogens with one attached hydrogen (secondary N) is 2. The minimum Gasteiger partial charge on any atom is -0.481 e. The molecule has 0 aromatic carbocycles. The molecular weight excluding hydrogens is 404 g/mol. The Kier molecular flexibility index (Phi) is 4.73. The second-order valence-electron chi connectivity index (χ2n) is 8.15. The van der Waals surface area contributed by atoms with Crippen LogP contribution in [0.25, 0.3) is 0 Å². The summed E-state index contributed by atoms with van der Waals surface area (Å²) < 4.78 is 5.27. The minimum atomic E-state index is -0.933. The van der Waals surface area contributed by atoms with Crippen LogP contribution in [0, 0.1) is 23.7 Å². The number of carboxylic acid groups (broad SMARTS) is 1. The Hall–Kier alpha value is -2.87. The molecule has 0 saturated heterocycles. The van der Waals surface area contributed by atoms with Crippen LogP contribution in [0.1, 0.15) is 39.4 Å². The molecular formula is C22H22N2O5S. The number of aliphatic carboxylic acids is 1. The number of hydrogen-bond acceptors (Lipinski definition) is 5. The first-order valence-electron chi connectivity index (χ1n) is 10.2. The van der Waals surface area contributed by atoms with Crippen molar-refractivity contribution in [3.8, 4) is 0 Å². The van der Waals surface area contributed by atoms with Crippen LogP contribution in [0.15, 0.2) is 35.0 Å². The summed E-state index contributed by atoms with van der Waals surface area (Å²) >= 11 is 1.44. The summed E-state index contributed by atoms with van der Waals surface area (Å²) in [5.41, 5.74) is 1.51. The van der Waals surface area contributed by atoms with E-state index in [1.54, 1.807) is 18.4 Å². The Labute approximate surface area is 177 Å². The van der Waals surface area contributed by atoms with Gasteiger partial charge in [0.1, 0.15) is 10.8 Å². The van der Waals surface area contributed by atoms with E-state index in [0.29, 0.717) is 22.7 Å². The van der Waals surface area contributed by atoms with E-state index in [1.165, 1.54) is 11.3 Å². The maximum atomic E-state index is 13.1. The molecule has 3 aliphatic rings. The molecule has 1 saturated carbocycles. The molecule has 4 atom stereocenters. The maximum Gasteiger partial charge on any atom is 0.307 e. The number of thiophene rings is 1. The fraction of sp³-hybridized carbons (Fsp3) is 0.409. The molecule has 156 valence electrons.